The van der Waals surface area contributed by atoms with Crippen LogP contribution in [0.5, 0.6) is 0 Å². The second-order valence-corrected chi connectivity index (χ2v) is 5.26. The van der Waals surface area contributed by atoms with Crippen molar-refractivity contribution in [1.82, 2.24) is 14.9 Å². The maximum Gasteiger partial charge on any atom is 0.111 e. The molecule has 0 aromatic carbocycles. The van der Waals surface area contributed by atoms with Gasteiger partial charge in [0.2, 0.25) is 0 Å². The molecule has 5 heteroatoms. The number of aromatic nitrogens is 2. The largest absolute Gasteiger partial charge is 0.469 e. The molecule has 2 unspecified atom stereocenters. The predicted molar refractivity (Wildman–Crippen MR) is 75.5 cm³/mol. The zero-order valence-corrected chi connectivity index (χ0v) is 11.8. The molecule has 1 aliphatic heterocycles. The lowest BCUT2D eigenvalue weighted by Crippen LogP contribution is -2.34. The first-order chi connectivity index (χ1) is 9.84. The van der Waals surface area contributed by atoms with Crippen LogP contribution in [-0.2, 0) is 11.2 Å². The van der Waals surface area contributed by atoms with Crippen LogP contribution in [0.2, 0.25) is 0 Å². The Hall–Kier alpha value is -1.59. The molecule has 0 aliphatic carbocycles. The molecule has 2 atom stereocenters. The number of hydrogen-bond donors (Lipinski definition) is 1. The molecule has 0 radical (unpaired) electrons. The average Bonchev–Trinajstić information content (AvgIpc) is 3.17. The normalized spacial score (nSPS) is 20.9. The van der Waals surface area contributed by atoms with Crippen LogP contribution in [0.1, 0.15) is 36.9 Å². The molecule has 3 rings (SSSR count). The van der Waals surface area contributed by atoms with E-state index in [1.165, 1.54) is 0 Å². The lowest BCUT2D eigenvalue weighted by atomic mass is 10.1. The summed E-state index contributed by atoms with van der Waals surface area (Å²) in [6, 6.07) is 4.34. The number of aryl methyl sites for hydroxylation is 1. The second kappa shape index (κ2) is 6.24. The van der Waals surface area contributed by atoms with Crippen LogP contribution in [0, 0.1) is 0 Å². The second-order valence-electron chi connectivity index (χ2n) is 5.26. The number of nitrogens with one attached hydrogen (secondary N) is 1. The lowest BCUT2D eigenvalue weighted by molar-refractivity contribution is 0.0220. The molecular weight excluding hydrogens is 254 g/mol. The Morgan fingerprint density at radius 3 is 3.25 bits per heavy atom. The first kappa shape index (κ1) is 13.4. The minimum atomic E-state index is 0.109. The van der Waals surface area contributed by atoms with Crippen molar-refractivity contribution in [1.29, 1.82) is 0 Å². The standard InChI is InChI=1S/C15H21N3O2/c1-12(4-5-13-3-2-7-19-13)18-11-17-9-14(18)15-10-16-6-8-20-15/h2-3,7,9,11-12,15-16H,4-6,8,10H2,1H3. The Balaban J connectivity index is 1.65. The van der Waals surface area contributed by atoms with Crippen molar-refractivity contribution < 1.29 is 9.15 Å². The summed E-state index contributed by atoms with van der Waals surface area (Å²) >= 11 is 0. The highest BCUT2D eigenvalue weighted by Gasteiger charge is 2.21. The van der Waals surface area contributed by atoms with Crippen molar-refractivity contribution in [2.45, 2.75) is 31.9 Å². The van der Waals surface area contributed by atoms with E-state index in [1.54, 1.807) is 6.26 Å². The molecule has 1 fully saturated rings. The van der Waals surface area contributed by atoms with Gasteiger partial charge >= 0.3 is 0 Å². The van der Waals surface area contributed by atoms with Gasteiger partial charge in [0.05, 0.1) is 31.1 Å². The van der Waals surface area contributed by atoms with Gasteiger partial charge in [0.1, 0.15) is 11.9 Å². The summed E-state index contributed by atoms with van der Waals surface area (Å²) in [5.74, 6) is 1.04. The summed E-state index contributed by atoms with van der Waals surface area (Å²) in [5, 5.41) is 3.36. The van der Waals surface area contributed by atoms with Gasteiger partial charge in [0, 0.05) is 25.6 Å². The third-order valence-electron chi connectivity index (χ3n) is 3.82. The van der Waals surface area contributed by atoms with Gasteiger partial charge in [-0.15, -0.1) is 0 Å². The molecule has 1 N–H and O–H groups in total. The van der Waals surface area contributed by atoms with Gasteiger partial charge in [0.15, 0.2) is 0 Å². The van der Waals surface area contributed by atoms with E-state index < -0.39 is 0 Å². The Morgan fingerprint density at radius 1 is 1.55 bits per heavy atom. The number of rotatable bonds is 5. The highest BCUT2D eigenvalue weighted by molar-refractivity contribution is 5.07. The number of nitrogens with zero attached hydrogens (tertiary/aromatic N) is 2. The quantitative estimate of drug-likeness (QED) is 0.910. The zero-order valence-electron chi connectivity index (χ0n) is 11.8. The molecule has 1 aliphatic rings. The summed E-state index contributed by atoms with van der Waals surface area (Å²) in [6.07, 6.45) is 7.62. The maximum atomic E-state index is 5.82. The molecule has 0 amide bonds. The third-order valence-corrected chi connectivity index (χ3v) is 3.82. The number of furan rings is 1. The summed E-state index contributed by atoms with van der Waals surface area (Å²) in [7, 11) is 0. The van der Waals surface area contributed by atoms with Crippen LogP contribution in [0.4, 0.5) is 0 Å². The minimum Gasteiger partial charge on any atom is -0.469 e. The predicted octanol–water partition coefficient (Wildman–Crippen LogP) is 2.33. The lowest BCUT2D eigenvalue weighted by Gasteiger charge is -2.26. The van der Waals surface area contributed by atoms with Crippen LogP contribution < -0.4 is 5.32 Å². The monoisotopic (exact) mass is 275 g/mol. The molecule has 0 bridgehead atoms. The van der Waals surface area contributed by atoms with E-state index in [0.717, 1.165) is 44.0 Å². The van der Waals surface area contributed by atoms with Gasteiger partial charge in [-0.1, -0.05) is 0 Å². The van der Waals surface area contributed by atoms with Gasteiger partial charge in [-0.25, -0.2) is 4.98 Å². The SMILES string of the molecule is CC(CCc1ccco1)n1cncc1C1CNCCO1. The van der Waals surface area contributed by atoms with Gasteiger partial charge in [-0.05, 0) is 25.5 Å². The highest BCUT2D eigenvalue weighted by Crippen LogP contribution is 2.24. The maximum absolute atomic E-state index is 5.82. The fourth-order valence-corrected chi connectivity index (χ4v) is 2.63. The summed E-state index contributed by atoms with van der Waals surface area (Å²) < 4.78 is 13.4. The van der Waals surface area contributed by atoms with Crippen LogP contribution in [0.15, 0.2) is 35.3 Å². The Labute approximate surface area is 118 Å². The first-order valence-corrected chi connectivity index (χ1v) is 7.21. The minimum absolute atomic E-state index is 0.109. The molecule has 2 aromatic rings. The molecular formula is C15H21N3O2. The number of morpholine rings is 1. The molecule has 2 aromatic heterocycles. The topological polar surface area (TPSA) is 52.2 Å². The van der Waals surface area contributed by atoms with Gasteiger partial charge < -0.3 is 19.0 Å². The molecule has 0 spiro atoms. The van der Waals surface area contributed by atoms with Crippen LogP contribution in [-0.4, -0.2) is 29.2 Å². The summed E-state index contributed by atoms with van der Waals surface area (Å²) in [6.45, 7) is 4.76. The number of ether oxygens (including phenoxy) is 1. The van der Waals surface area contributed by atoms with Crippen LogP contribution in [0.25, 0.3) is 0 Å². The molecule has 1 saturated heterocycles. The van der Waals surface area contributed by atoms with Crippen molar-refractivity contribution >= 4 is 0 Å². The smallest absolute Gasteiger partial charge is 0.111 e. The van der Waals surface area contributed by atoms with Crippen molar-refractivity contribution in [2.24, 2.45) is 0 Å². The van der Waals surface area contributed by atoms with E-state index in [2.05, 4.69) is 21.8 Å². The molecule has 108 valence electrons. The Morgan fingerprint density at radius 2 is 2.50 bits per heavy atom. The average molecular weight is 275 g/mol. The van der Waals surface area contributed by atoms with Gasteiger partial charge in [0.25, 0.3) is 0 Å². The number of imidazole rings is 1. The summed E-state index contributed by atoms with van der Waals surface area (Å²) in [4.78, 5) is 4.30. The zero-order chi connectivity index (χ0) is 13.8. The van der Waals surface area contributed by atoms with Gasteiger partial charge in [-0.2, -0.15) is 0 Å². The van der Waals surface area contributed by atoms with E-state index in [4.69, 9.17) is 9.15 Å². The fourth-order valence-electron chi connectivity index (χ4n) is 2.63. The van der Waals surface area contributed by atoms with Gasteiger partial charge in [-0.3, -0.25) is 0 Å². The molecule has 20 heavy (non-hydrogen) atoms. The van der Waals surface area contributed by atoms with Crippen molar-refractivity contribution in [3.8, 4) is 0 Å². The number of hydrogen-bond acceptors (Lipinski definition) is 4. The van der Waals surface area contributed by atoms with Crippen molar-refractivity contribution in [3.63, 3.8) is 0 Å². The summed E-state index contributed by atoms with van der Waals surface area (Å²) in [5.41, 5.74) is 1.16. The van der Waals surface area contributed by atoms with E-state index in [0.29, 0.717) is 6.04 Å². The van der Waals surface area contributed by atoms with E-state index >= 15 is 0 Å². The Kier molecular flexibility index (Phi) is 4.18. The van der Waals surface area contributed by atoms with Crippen LogP contribution >= 0.6 is 0 Å². The molecule has 5 nitrogen and oxygen atoms in total. The third kappa shape index (κ3) is 2.94. The van der Waals surface area contributed by atoms with Crippen molar-refractivity contribution in [3.05, 3.63) is 42.4 Å². The Bertz CT molecular complexity index is 515. The van der Waals surface area contributed by atoms with E-state index in [-0.39, 0.29) is 6.10 Å². The van der Waals surface area contributed by atoms with E-state index in [9.17, 15) is 0 Å². The van der Waals surface area contributed by atoms with E-state index in [1.807, 2.05) is 24.7 Å². The fraction of sp³-hybridized carbons (Fsp3) is 0.533. The first-order valence-electron chi connectivity index (χ1n) is 7.21. The molecule has 3 heterocycles. The van der Waals surface area contributed by atoms with Crippen LogP contribution in [0.3, 0.4) is 0 Å². The van der Waals surface area contributed by atoms with Crippen molar-refractivity contribution in [2.75, 3.05) is 19.7 Å². The molecule has 0 saturated carbocycles. The highest BCUT2D eigenvalue weighted by atomic mass is 16.5.